The number of rotatable bonds is 6. The lowest BCUT2D eigenvalue weighted by Crippen LogP contribution is -2.31. The van der Waals surface area contributed by atoms with E-state index in [1.165, 1.54) is 0 Å². The van der Waals surface area contributed by atoms with Gasteiger partial charge in [-0.25, -0.2) is 4.68 Å². The summed E-state index contributed by atoms with van der Waals surface area (Å²) in [6.45, 7) is 0.457. The summed E-state index contributed by atoms with van der Waals surface area (Å²) in [7, 11) is 0. The van der Waals surface area contributed by atoms with Gasteiger partial charge in [0.15, 0.2) is 5.78 Å². The Kier molecular flexibility index (Phi) is 4.80. The normalized spacial score (nSPS) is 24.0. The molecule has 0 radical (unpaired) electrons. The van der Waals surface area contributed by atoms with E-state index in [4.69, 9.17) is 16.2 Å². The first-order valence-corrected chi connectivity index (χ1v) is 7.72. The molecule has 1 aliphatic rings. The highest BCUT2D eigenvalue weighted by atomic mass is 16.5. The van der Waals surface area contributed by atoms with E-state index in [9.17, 15) is 4.79 Å². The fourth-order valence-corrected chi connectivity index (χ4v) is 2.83. The van der Waals surface area contributed by atoms with E-state index >= 15 is 0 Å². The van der Waals surface area contributed by atoms with Crippen molar-refractivity contribution in [1.82, 2.24) is 15.0 Å². The number of benzene rings is 1. The average molecular weight is 315 g/mol. The highest BCUT2D eigenvalue weighted by molar-refractivity contribution is 5.95. The van der Waals surface area contributed by atoms with Crippen LogP contribution in [-0.4, -0.2) is 39.0 Å². The minimum atomic E-state index is -0.0572. The molecule has 7 nitrogen and oxygen atoms in total. The molecule has 3 rings (SSSR count). The van der Waals surface area contributed by atoms with Gasteiger partial charge >= 0.3 is 0 Å². The zero-order valence-electron chi connectivity index (χ0n) is 12.8. The molecule has 1 aliphatic carbocycles. The topological polar surface area (TPSA) is 109 Å². The molecular formula is C16H21N5O2. The van der Waals surface area contributed by atoms with Gasteiger partial charge in [0.2, 0.25) is 0 Å². The molecule has 23 heavy (non-hydrogen) atoms. The van der Waals surface area contributed by atoms with Crippen LogP contribution in [0.15, 0.2) is 36.5 Å². The standard InChI is InChI=1S/C16H21N5O2/c17-12-6-14(18)16(7-12)23-10-13-8-19-20-21(13)9-15(22)11-4-2-1-3-5-11/h1-5,8,12,14,16H,6-7,9-10,17-18H2/t12-,14+,16+/m0/s1. The first-order chi connectivity index (χ1) is 11.1. The summed E-state index contributed by atoms with van der Waals surface area (Å²) in [6.07, 6.45) is 3.08. The molecule has 3 atom stereocenters. The summed E-state index contributed by atoms with van der Waals surface area (Å²) < 4.78 is 7.41. The Morgan fingerprint density at radius 1 is 1.26 bits per heavy atom. The molecule has 1 saturated carbocycles. The maximum Gasteiger partial charge on any atom is 0.184 e. The van der Waals surface area contributed by atoms with Crippen molar-refractivity contribution in [3.05, 3.63) is 47.8 Å². The van der Waals surface area contributed by atoms with E-state index in [2.05, 4.69) is 10.3 Å². The molecule has 4 N–H and O–H groups in total. The third-order valence-electron chi connectivity index (χ3n) is 4.12. The summed E-state index contributed by atoms with van der Waals surface area (Å²) in [5.74, 6) is -0.0167. The van der Waals surface area contributed by atoms with Gasteiger partial charge in [-0.2, -0.15) is 0 Å². The maximum atomic E-state index is 12.3. The summed E-state index contributed by atoms with van der Waals surface area (Å²) in [4.78, 5) is 12.3. The molecule has 0 aliphatic heterocycles. The molecule has 1 aromatic carbocycles. The molecule has 122 valence electrons. The number of ether oxygens (including phenoxy) is 1. The van der Waals surface area contributed by atoms with Crippen LogP contribution in [0.25, 0.3) is 0 Å². The summed E-state index contributed by atoms with van der Waals surface area (Å²) >= 11 is 0. The second-order valence-electron chi connectivity index (χ2n) is 5.92. The van der Waals surface area contributed by atoms with Gasteiger partial charge in [0.1, 0.15) is 6.54 Å². The molecule has 0 unspecified atom stereocenters. The molecule has 0 saturated heterocycles. The van der Waals surface area contributed by atoms with E-state index in [1.807, 2.05) is 18.2 Å². The van der Waals surface area contributed by atoms with Gasteiger partial charge in [0.25, 0.3) is 0 Å². The third kappa shape index (κ3) is 3.82. The number of hydrogen-bond acceptors (Lipinski definition) is 6. The van der Waals surface area contributed by atoms with Crippen LogP contribution in [0.5, 0.6) is 0 Å². The Labute approximate surface area is 134 Å². The first kappa shape index (κ1) is 15.8. The van der Waals surface area contributed by atoms with Gasteiger partial charge in [0, 0.05) is 17.6 Å². The summed E-state index contributed by atoms with van der Waals surface area (Å²) in [5.41, 5.74) is 13.3. The van der Waals surface area contributed by atoms with E-state index in [0.29, 0.717) is 12.2 Å². The van der Waals surface area contributed by atoms with Crippen LogP contribution in [0.1, 0.15) is 28.9 Å². The average Bonchev–Trinajstić information content (AvgIpc) is 3.12. The second kappa shape index (κ2) is 6.99. The lowest BCUT2D eigenvalue weighted by Gasteiger charge is -2.16. The highest BCUT2D eigenvalue weighted by Crippen LogP contribution is 2.20. The van der Waals surface area contributed by atoms with Gasteiger partial charge in [-0.05, 0) is 12.8 Å². The first-order valence-electron chi connectivity index (χ1n) is 7.72. The number of Topliss-reactive ketones (excluding diaryl/α,β-unsaturated/α-hetero) is 1. The molecule has 1 aromatic heterocycles. The lowest BCUT2D eigenvalue weighted by molar-refractivity contribution is 0.0312. The Bertz CT molecular complexity index is 658. The number of carbonyl (C=O) groups is 1. The van der Waals surface area contributed by atoms with Crippen molar-refractivity contribution >= 4 is 5.78 Å². The number of carbonyl (C=O) groups excluding carboxylic acids is 1. The minimum Gasteiger partial charge on any atom is -0.370 e. The number of nitrogens with zero attached hydrogens (tertiary/aromatic N) is 3. The maximum absolute atomic E-state index is 12.3. The fourth-order valence-electron chi connectivity index (χ4n) is 2.83. The van der Waals surface area contributed by atoms with Crippen molar-refractivity contribution in [2.24, 2.45) is 11.5 Å². The number of nitrogens with two attached hydrogens (primary N) is 2. The minimum absolute atomic E-state index is 0.0167. The third-order valence-corrected chi connectivity index (χ3v) is 4.12. The Balaban J connectivity index is 1.60. The zero-order valence-corrected chi connectivity index (χ0v) is 12.8. The van der Waals surface area contributed by atoms with E-state index < -0.39 is 0 Å². The lowest BCUT2D eigenvalue weighted by atomic mass is 10.1. The second-order valence-corrected chi connectivity index (χ2v) is 5.92. The molecule has 0 amide bonds. The van der Waals surface area contributed by atoms with E-state index in [1.54, 1.807) is 23.0 Å². The van der Waals surface area contributed by atoms with Crippen molar-refractivity contribution < 1.29 is 9.53 Å². The monoisotopic (exact) mass is 315 g/mol. The van der Waals surface area contributed by atoms with Crippen LogP contribution in [-0.2, 0) is 17.9 Å². The Hall–Kier alpha value is -2.09. The molecule has 2 aromatic rings. The van der Waals surface area contributed by atoms with Crippen molar-refractivity contribution in [1.29, 1.82) is 0 Å². The van der Waals surface area contributed by atoms with Crippen LogP contribution in [0, 0.1) is 0 Å². The van der Waals surface area contributed by atoms with Gasteiger partial charge in [0.05, 0.1) is 24.6 Å². The van der Waals surface area contributed by atoms with Gasteiger partial charge in [-0.1, -0.05) is 35.5 Å². The van der Waals surface area contributed by atoms with Crippen molar-refractivity contribution in [3.8, 4) is 0 Å². The number of ketones is 1. The largest absolute Gasteiger partial charge is 0.370 e. The SMILES string of the molecule is N[C@H]1C[C@@H](N)[C@H](OCc2cnnn2CC(=O)c2ccccc2)C1. The quantitative estimate of drug-likeness (QED) is 0.751. The molecule has 1 fully saturated rings. The van der Waals surface area contributed by atoms with Crippen LogP contribution >= 0.6 is 0 Å². The van der Waals surface area contributed by atoms with Crippen LogP contribution in [0.2, 0.25) is 0 Å². The molecule has 7 heteroatoms. The van der Waals surface area contributed by atoms with E-state index in [0.717, 1.165) is 18.5 Å². The van der Waals surface area contributed by atoms with Gasteiger partial charge < -0.3 is 16.2 Å². The van der Waals surface area contributed by atoms with E-state index in [-0.39, 0.29) is 30.5 Å². The summed E-state index contributed by atoms with van der Waals surface area (Å²) in [6, 6.07) is 9.18. The Morgan fingerprint density at radius 2 is 2.04 bits per heavy atom. The van der Waals surface area contributed by atoms with Crippen molar-refractivity contribution in [2.45, 2.75) is 44.2 Å². The van der Waals surface area contributed by atoms with Crippen LogP contribution in [0.3, 0.4) is 0 Å². The highest BCUT2D eigenvalue weighted by Gasteiger charge is 2.30. The van der Waals surface area contributed by atoms with Crippen molar-refractivity contribution in [3.63, 3.8) is 0 Å². The smallest absolute Gasteiger partial charge is 0.184 e. The zero-order chi connectivity index (χ0) is 16.2. The molecule has 0 bridgehead atoms. The number of aromatic nitrogens is 3. The molecule has 0 spiro atoms. The van der Waals surface area contributed by atoms with Crippen molar-refractivity contribution in [2.75, 3.05) is 0 Å². The molecule has 1 heterocycles. The Morgan fingerprint density at radius 3 is 2.74 bits per heavy atom. The van der Waals surface area contributed by atoms with Crippen LogP contribution < -0.4 is 11.5 Å². The number of hydrogen-bond donors (Lipinski definition) is 2. The predicted molar refractivity (Wildman–Crippen MR) is 84.6 cm³/mol. The van der Waals surface area contributed by atoms with Gasteiger partial charge in [-0.15, -0.1) is 5.10 Å². The molecular weight excluding hydrogens is 294 g/mol. The fraction of sp³-hybridized carbons (Fsp3) is 0.438. The van der Waals surface area contributed by atoms with Gasteiger partial charge in [-0.3, -0.25) is 4.79 Å². The summed E-state index contributed by atoms with van der Waals surface area (Å²) in [5, 5.41) is 7.84. The predicted octanol–water partition coefficient (Wildman–Crippen LogP) is 0.495. The van der Waals surface area contributed by atoms with Crippen LogP contribution in [0.4, 0.5) is 0 Å².